The highest BCUT2D eigenvalue weighted by Crippen LogP contribution is 2.45. The molecule has 100 valence electrons. The van der Waals surface area contributed by atoms with Gasteiger partial charge in [-0.1, -0.05) is 0 Å². The quantitative estimate of drug-likeness (QED) is 0.841. The molecule has 3 nitrogen and oxygen atoms in total. The predicted molar refractivity (Wildman–Crippen MR) is 76.2 cm³/mol. The molecule has 0 heterocycles. The van der Waals surface area contributed by atoms with E-state index >= 15 is 0 Å². The highest BCUT2D eigenvalue weighted by atomic mass is 16.5. The smallest absolute Gasteiger partial charge is 0.119 e. The van der Waals surface area contributed by atoms with Crippen molar-refractivity contribution in [1.29, 1.82) is 0 Å². The van der Waals surface area contributed by atoms with E-state index in [1.165, 1.54) is 18.5 Å². The molecule has 0 unspecified atom stereocenters. The van der Waals surface area contributed by atoms with Crippen LogP contribution in [0.15, 0.2) is 24.3 Å². The van der Waals surface area contributed by atoms with Crippen LogP contribution in [-0.4, -0.2) is 26.2 Å². The molecule has 0 aliphatic heterocycles. The molecule has 1 aliphatic rings. The second-order valence-electron chi connectivity index (χ2n) is 5.72. The summed E-state index contributed by atoms with van der Waals surface area (Å²) in [4.78, 5) is 2.29. The number of benzene rings is 1. The van der Waals surface area contributed by atoms with Gasteiger partial charge in [-0.3, -0.25) is 0 Å². The van der Waals surface area contributed by atoms with Gasteiger partial charge < -0.3 is 15.4 Å². The number of anilines is 1. The van der Waals surface area contributed by atoms with Gasteiger partial charge in [-0.25, -0.2) is 0 Å². The number of ether oxygens (including phenoxy) is 1. The van der Waals surface area contributed by atoms with E-state index in [1.54, 1.807) is 0 Å². The van der Waals surface area contributed by atoms with Crippen LogP contribution >= 0.6 is 0 Å². The van der Waals surface area contributed by atoms with Crippen molar-refractivity contribution in [2.75, 3.05) is 25.0 Å². The van der Waals surface area contributed by atoms with Gasteiger partial charge in [-0.05, 0) is 57.5 Å². The van der Waals surface area contributed by atoms with E-state index in [0.717, 1.165) is 18.8 Å². The number of hydrogen-bond donors (Lipinski definition) is 1. The van der Waals surface area contributed by atoms with Gasteiger partial charge in [0.05, 0.1) is 6.10 Å². The maximum Gasteiger partial charge on any atom is 0.119 e. The van der Waals surface area contributed by atoms with E-state index < -0.39 is 0 Å². The zero-order valence-electron chi connectivity index (χ0n) is 11.6. The van der Waals surface area contributed by atoms with E-state index in [-0.39, 0.29) is 6.10 Å². The Labute approximate surface area is 110 Å². The summed E-state index contributed by atoms with van der Waals surface area (Å²) in [6, 6.07) is 8.30. The van der Waals surface area contributed by atoms with Crippen molar-refractivity contribution >= 4 is 5.69 Å². The van der Waals surface area contributed by atoms with Crippen LogP contribution in [0.3, 0.4) is 0 Å². The lowest BCUT2D eigenvalue weighted by atomic mass is 10.1. The Hall–Kier alpha value is -1.22. The lowest BCUT2D eigenvalue weighted by Gasteiger charge is -2.25. The van der Waals surface area contributed by atoms with Crippen molar-refractivity contribution in [3.05, 3.63) is 24.3 Å². The lowest BCUT2D eigenvalue weighted by molar-refractivity contribution is 0.242. The summed E-state index contributed by atoms with van der Waals surface area (Å²) in [6.45, 7) is 5.93. The van der Waals surface area contributed by atoms with E-state index in [9.17, 15) is 0 Å². The summed E-state index contributed by atoms with van der Waals surface area (Å²) < 4.78 is 5.64. The summed E-state index contributed by atoms with van der Waals surface area (Å²) in [6.07, 6.45) is 2.76. The van der Waals surface area contributed by atoms with Crippen LogP contribution in [0.2, 0.25) is 0 Å². The van der Waals surface area contributed by atoms with Crippen molar-refractivity contribution < 1.29 is 4.74 Å². The van der Waals surface area contributed by atoms with E-state index in [1.807, 2.05) is 26.0 Å². The first-order valence-corrected chi connectivity index (χ1v) is 6.73. The molecule has 0 spiro atoms. The molecule has 2 N–H and O–H groups in total. The van der Waals surface area contributed by atoms with Crippen molar-refractivity contribution in [1.82, 2.24) is 0 Å². The topological polar surface area (TPSA) is 38.5 Å². The van der Waals surface area contributed by atoms with Gasteiger partial charge in [0.2, 0.25) is 0 Å². The fourth-order valence-electron chi connectivity index (χ4n) is 2.25. The number of rotatable bonds is 6. The van der Waals surface area contributed by atoms with E-state index in [4.69, 9.17) is 10.5 Å². The first-order valence-electron chi connectivity index (χ1n) is 6.73. The Morgan fingerprint density at radius 1 is 1.28 bits per heavy atom. The minimum Gasteiger partial charge on any atom is -0.491 e. The van der Waals surface area contributed by atoms with Crippen LogP contribution in [0, 0.1) is 5.41 Å². The number of nitrogens with two attached hydrogens (primary N) is 1. The van der Waals surface area contributed by atoms with Gasteiger partial charge in [0, 0.05) is 24.7 Å². The van der Waals surface area contributed by atoms with E-state index in [2.05, 4.69) is 24.1 Å². The SMILES string of the molecule is CC(C)Oc1ccc(N(C)CC2(CN)CC2)cc1. The second-order valence-corrected chi connectivity index (χ2v) is 5.72. The average molecular weight is 248 g/mol. The first kappa shape index (κ1) is 13.2. The molecular weight excluding hydrogens is 224 g/mol. The summed E-state index contributed by atoms with van der Waals surface area (Å²) in [5, 5.41) is 0. The third-order valence-electron chi connectivity index (χ3n) is 3.61. The normalized spacial score (nSPS) is 16.7. The highest BCUT2D eigenvalue weighted by Gasteiger charge is 2.41. The molecule has 2 rings (SSSR count). The molecule has 0 bridgehead atoms. The van der Waals surface area contributed by atoms with Gasteiger partial charge in [-0.2, -0.15) is 0 Å². The molecule has 3 heteroatoms. The predicted octanol–water partition coefficient (Wildman–Crippen LogP) is 2.65. The number of hydrogen-bond acceptors (Lipinski definition) is 3. The maximum absolute atomic E-state index is 5.83. The van der Waals surface area contributed by atoms with Gasteiger partial charge in [0.25, 0.3) is 0 Å². The van der Waals surface area contributed by atoms with Crippen LogP contribution in [-0.2, 0) is 0 Å². The molecule has 0 radical (unpaired) electrons. The van der Waals surface area contributed by atoms with Crippen molar-refractivity contribution in [2.45, 2.75) is 32.8 Å². The van der Waals surface area contributed by atoms with Crippen LogP contribution < -0.4 is 15.4 Å². The molecule has 0 atom stereocenters. The molecule has 0 amide bonds. The Bertz CT molecular complexity index is 382. The van der Waals surface area contributed by atoms with Crippen LogP contribution in [0.1, 0.15) is 26.7 Å². The monoisotopic (exact) mass is 248 g/mol. The van der Waals surface area contributed by atoms with Crippen molar-refractivity contribution in [2.24, 2.45) is 11.1 Å². The third-order valence-corrected chi connectivity index (χ3v) is 3.61. The molecule has 1 fully saturated rings. The lowest BCUT2D eigenvalue weighted by Crippen LogP contribution is -2.31. The molecule has 1 saturated carbocycles. The molecule has 18 heavy (non-hydrogen) atoms. The standard InChI is InChI=1S/C15H24N2O/c1-12(2)18-14-6-4-13(5-7-14)17(3)11-15(10-16)8-9-15/h4-7,12H,8-11,16H2,1-3H3. The molecule has 1 aromatic carbocycles. The Morgan fingerprint density at radius 3 is 2.33 bits per heavy atom. The highest BCUT2D eigenvalue weighted by molar-refractivity contribution is 5.48. The summed E-state index contributed by atoms with van der Waals surface area (Å²) in [5.74, 6) is 0.933. The Kier molecular flexibility index (Phi) is 3.81. The van der Waals surface area contributed by atoms with Gasteiger partial charge >= 0.3 is 0 Å². The zero-order valence-corrected chi connectivity index (χ0v) is 11.6. The largest absolute Gasteiger partial charge is 0.491 e. The zero-order chi connectivity index (χ0) is 13.2. The molecule has 0 aromatic heterocycles. The summed E-state index contributed by atoms with van der Waals surface area (Å²) in [5.41, 5.74) is 7.43. The van der Waals surface area contributed by atoms with Crippen molar-refractivity contribution in [3.63, 3.8) is 0 Å². The molecular formula is C15H24N2O. The minimum atomic E-state index is 0.223. The minimum absolute atomic E-state index is 0.223. The van der Waals surface area contributed by atoms with Gasteiger partial charge in [0.1, 0.15) is 5.75 Å². The van der Waals surface area contributed by atoms with Gasteiger partial charge in [0.15, 0.2) is 0 Å². The molecule has 1 aromatic rings. The maximum atomic E-state index is 5.83. The number of nitrogens with zero attached hydrogens (tertiary/aromatic N) is 1. The second kappa shape index (κ2) is 5.19. The average Bonchev–Trinajstić information content (AvgIpc) is 3.09. The summed E-state index contributed by atoms with van der Waals surface area (Å²) >= 11 is 0. The fourth-order valence-corrected chi connectivity index (χ4v) is 2.25. The first-order chi connectivity index (χ1) is 8.54. The van der Waals surface area contributed by atoms with Crippen LogP contribution in [0.5, 0.6) is 5.75 Å². The third kappa shape index (κ3) is 3.16. The fraction of sp³-hybridized carbons (Fsp3) is 0.600. The van der Waals surface area contributed by atoms with E-state index in [0.29, 0.717) is 5.41 Å². The Balaban J connectivity index is 1.96. The molecule has 1 aliphatic carbocycles. The Morgan fingerprint density at radius 2 is 1.89 bits per heavy atom. The van der Waals surface area contributed by atoms with Gasteiger partial charge in [-0.15, -0.1) is 0 Å². The van der Waals surface area contributed by atoms with Crippen LogP contribution in [0.4, 0.5) is 5.69 Å². The summed E-state index contributed by atoms with van der Waals surface area (Å²) in [7, 11) is 2.13. The molecule has 0 saturated heterocycles. The van der Waals surface area contributed by atoms with Crippen molar-refractivity contribution in [3.8, 4) is 5.75 Å². The van der Waals surface area contributed by atoms with Crippen LogP contribution in [0.25, 0.3) is 0 Å².